The number of nitrogens with zero attached hydrogens (tertiary/aromatic N) is 1. The number of rotatable bonds is 4. The van der Waals surface area contributed by atoms with Crippen LogP contribution in [0.25, 0.3) is 0 Å². The van der Waals surface area contributed by atoms with Crippen LogP contribution in [0.1, 0.15) is 52.5 Å². The summed E-state index contributed by atoms with van der Waals surface area (Å²) in [6, 6.07) is 5.67. The molecule has 2 nitrogen and oxygen atoms in total. The minimum atomic E-state index is -0.0850. The summed E-state index contributed by atoms with van der Waals surface area (Å²) in [5.74, 6) is 0.734. The topological polar surface area (TPSA) is 15.3 Å². The number of benzene rings is 1. The van der Waals surface area contributed by atoms with Crippen molar-refractivity contribution in [1.82, 2.24) is 5.32 Å². The summed E-state index contributed by atoms with van der Waals surface area (Å²) in [7, 11) is 0. The first kappa shape index (κ1) is 16.3. The third kappa shape index (κ3) is 4.70. The van der Waals surface area contributed by atoms with Crippen molar-refractivity contribution in [2.75, 3.05) is 18.0 Å². The Morgan fingerprint density at radius 1 is 1.24 bits per heavy atom. The summed E-state index contributed by atoms with van der Waals surface area (Å²) in [5, 5.41) is 3.40. The summed E-state index contributed by atoms with van der Waals surface area (Å²) >= 11 is 0. The van der Waals surface area contributed by atoms with Crippen molar-refractivity contribution in [2.45, 2.75) is 59.0 Å². The molecule has 0 atom stereocenters. The van der Waals surface area contributed by atoms with Gasteiger partial charge in [0.25, 0.3) is 0 Å². The van der Waals surface area contributed by atoms with Gasteiger partial charge in [-0.25, -0.2) is 4.39 Å². The molecule has 0 aromatic heterocycles. The lowest BCUT2D eigenvalue weighted by Gasteiger charge is -2.33. The largest absolute Gasteiger partial charge is 0.369 e. The van der Waals surface area contributed by atoms with E-state index in [9.17, 15) is 4.39 Å². The number of halogens is 1. The fourth-order valence-corrected chi connectivity index (χ4v) is 2.87. The summed E-state index contributed by atoms with van der Waals surface area (Å²) in [4.78, 5) is 2.20. The van der Waals surface area contributed by atoms with Crippen LogP contribution in [-0.2, 0) is 6.54 Å². The van der Waals surface area contributed by atoms with E-state index in [2.05, 4.69) is 37.9 Å². The van der Waals surface area contributed by atoms with Crippen LogP contribution in [0.2, 0.25) is 0 Å². The third-order valence-electron chi connectivity index (χ3n) is 4.37. The van der Waals surface area contributed by atoms with Gasteiger partial charge in [-0.2, -0.15) is 0 Å². The van der Waals surface area contributed by atoms with Crippen molar-refractivity contribution in [2.24, 2.45) is 5.92 Å². The second kappa shape index (κ2) is 6.78. The Bertz CT molecular complexity index is 457. The Morgan fingerprint density at radius 2 is 1.90 bits per heavy atom. The molecule has 1 fully saturated rings. The van der Waals surface area contributed by atoms with Crippen LogP contribution < -0.4 is 10.2 Å². The van der Waals surface area contributed by atoms with E-state index in [1.807, 2.05) is 12.1 Å². The molecule has 0 aliphatic carbocycles. The van der Waals surface area contributed by atoms with Crippen LogP contribution in [0.3, 0.4) is 0 Å². The number of hydrogen-bond donors (Lipinski definition) is 1. The SMILES string of the molecule is CCC1CCN(c2ccc(CNC(C)(C)C)cc2F)CC1. The zero-order chi connectivity index (χ0) is 15.5. The predicted octanol–water partition coefficient (Wildman–Crippen LogP) is 4.34. The number of hydrogen-bond acceptors (Lipinski definition) is 2. The molecule has 0 bridgehead atoms. The Labute approximate surface area is 128 Å². The maximum absolute atomic E-state index is 14.4. The van der Waals surface area contributed by atoms with Crippen molar-refractivity contribution in [3.8, 4) is 0 Å². The Balaban J connectivity index is 1.99. The van der Waals surface area contributed by atoms with E-state index in [-0.39, 0.29) is 11.4 Å². The second-order valence-electron chi connectivity index (χ2n) is 7.23. The van der Waals surface area contributed by atoms with Gasteiger partial charge in [0.05, 0.1) is 5.69 Å². The average molecular weight is 292 g/mol. The molecule has 1 heterocycles. The predicted molar refractivity (Wildman–Crippen MR) is 88.2 cm³/mol. The van der Waals surface area contributed by atoms with Crippen LogP contribution in [0.15, 0.2) is 18.2 Å². The van der Waals surface area contributed by atoms with E-state index in [1.54, 1.807) is 6.07 Å². The minimum Gasteiger partial charge on any atom is -0.369 e. The quantitative estimate of drug-likeness (QED) is 0.888. The molecule has 3 heteroatoms. The molecular weight excluding hydrogens is 263 g/mol. The van der Waals surface area contributed by atoms with E-state index in [0.717, 1.165) is 30.3 Å². The molecule has 1 N–H and O–H groups in total. The zero-order valence-electron chi connectivity index (χ0n) is 13.9. The molecule has 0 spiro atoms. The van der Waals surface area contributed by atoms with Crippen LogP contribution in [0.4, 0.5) is 10.1 Å². The van der Waals surface area contributed by atoms with Gasteiger partial charge in [-0.1, -0.05) is 19.4 Å². The van der Waals surface area contributed by atoms with Gasteiger partial charge >= 0.3 is 0 Å². The number of anilines is 1. The van der Waals surface area contributed by atoms with Crippen molar-refractivity contribution in [1.29, 1.82) is 0 Å². The molecule has 1 saturated heterocycles. The number of nitrogens with one attached hydrogen (secondary N) is 1. The average Bonchev–Trinajstić information content (AvgIpc) is 2.45. The first-order valence-electron chi connectivity index (χ1n) is 8.17. The normalized spacial score (nSPS) is 17.3. The fraction of sp³-hybridized carbons (Fsp3) is 0.667. The molecular formula is C18H29FN2. The molecule has 0 radical (unpaired) electrons. The van der Waals surface area contributed by atoms with Gasteiger partial charge in [-0.15, -0.1) is 0 Å². The highest BCUT2D eigenvalue weighted by atomic mass is 19.1. The lowest BCUT2D eigenvalue weighted by atomic mass is 9.94. The highest BCUT2D eigenvalue weighted by Crippen LogP contribution is 2.27. The molecule has 0 unspecified atom stereocenters. The van der Waals surface area contributed by atoms with Crippen LogP contribution in [-0.4, -0.2) is 18.6 Å². The third-order valence-corrected chi connectivity index (χ3v) is 4.37. The lowest BCUT2D eigenvalue weighted by Crippen LogP contribution is -2.35. The molecule has 2 rings (SSSR count). The standard InChI is InChI=1S/C18H29FN2/c1-5-14-8-10-21(11-9-14)17-7-6-15(12-16(17)19)13-20-18(2,3)4/h6-7,12,14,20H,5,8-11,13H2,1-4H3. The van der Waals surface area contributed by atoms with Gasteiger partial charge < -0.3 is 10.2 Å². The summed E-state index contributed by atoms with van der Waals surface area (Å²) in [6.45, 7) is 11.3. The Morgan fingerprint density at radius 3 is 2.43 bits per heavy atom. The lowest BCUT2D eigenvalue weighted by molar-refractivity contribution is 0.392. The van der Waals surface area contributed by atoms with E-state index in [4.69, 9.17) is 0 Å². The maximum atomic E-state index is 14.4. The fourth-order valence-electron chi connectivity index (χ4n) is 2.87. The smallest absolute Gasteiger partial charge is 0.146 e. The minimum absolute atomic E-state index is 0.0528. The zero-order valence-corrected chi connectivity index (χ0v) is 13.9. The Hall–Kier alpha value is -1.09. The molecule has 0 saturated carbocycles. The van der Waals surface area contributed by atoms with Crippen LogP contribution in [0, 0.1) is 11.7 Å². The van der Waals surface area contributed by atoms with Gasteiger partial charge in [0.1, 0.15) is 5.82 Å². The molecule has 1 aliphatic rings. The van der Waals surface area contributed by atoms with E-state index >= 15 is 0 Å². The van der Waals surface area contributed by atoms with Crippen molar-refractivity contribution in [3.05, 3.63) is 29.6 Å². The second-order valence-corrected chi connectivity index (χ2v) is 7.23. The highest BCUT2D eigenvalue weighted by molar-refractivity contribution is 5.49. The van der Waals surface area contributed by atoms with Crippen LogP contribution >= 0.6 is 0 Å². The van der Waals surface area contributed by atoms with E-state index in [1.165, 1.54) is 19.3 Å². The first-order valence-corrected chi connectivity index (χ1v) is 8.17. The van der Waals surface area contributed by atoms with Gasteiger partial charge in [-0.3, -0.25) is 0 Å². The van der Waals surface area contributed by atoms with E-state index < -0.39 is 0 Å². The van der Waals surface area contributed by atoms with Gasteiger partial charge in [0.15, 0.2) is 0 Å². The van der Waals surface area contributed by atoms with E-state index in [0.29, 0.717) is 6.54 Å². The first-order chi connectivity index (χ1) is 9.89. The van der Waals surface area contributed by atoms with Crippen molar-refractivity contribution < 1.29 is 4.39 Å². The van der Waals surface area contributed by atoms with Crippen molar-refractivity contribution >= 4 is 5.69 Å². The summed E-state index contributed by atoms with van der Waals surface area (Å²) in [5.41, 5.74) is 1.83. The van der Waals surface area contributed by atoms with Gasteiger partial charge in [0, 0.05) is 25.2 Å². The molecule has 1 aliphatic heterocycles. The van der Waals surface area contributed by atoms with Crippen molar-refractivity contribution in [3.63, 3.8) is 0 Å². The summed E-state index contributed by atoms with van der Waals surface area (Å²) in [6.07, 6.45) is 3.61. The number of piperidine rings is 1. The van der Waals surface area contributed by atoms with Gasteiger partial charge in [0.2, 0.25) is 0 Å². The maximum Gasteiger partial charge on any atom is 0.146 e. The van der Waals surface area contributed by atoms with Crippen LogP contribution in [0.5, 0.6) is 0 Å². The highest BCUT2D eigenvalue weighted by Gasteiger charge is 2.20. The summed E-state index contributed by atoms with van der Waals surface area (Å²) < 4.78 is 14.4. The van der Waals surface area contributed by atoms with Gasteiger partial charge in [-0.05, 0) is 57.2 Å². The molecule has 0 amide bonds. The Kier molecular flexibility index (Phi) is 5.26. The molecule has 1 aromatic rings. The monoisotopic (exact) mass is 292 g/mol. The molecule has 21 heavy (non-hydrogen) atoms. The molecule has 118 valence electrons. The molecule has 1 aromatic carbocycles.